The first kappa shape index (κ1) is 15.9. The van der Waals surface area contributed by atoms with Crippen molar-refractivity contribution >= 4 is 11.8 Å². The lowest BCUT2D eigenvalue weighted by molar-refractivity contribution is -0.127. The van der Waals surface area contributed by atoms with Gasteiger partial charge < -0.3 is 14.6 Å². The van der Waals surface area contributed by atoms with Gasteiger partial charge in [-0.25, -0.2) is 4.98 Å². The summed E-state index contributed by atoms with van der Waals surface area (Å²) in [7, 11) is 0. The number of nitrogens with zero attached hydrogens (tertiary/aromatic N) is 2. The number of aromatic nitrogens is 1. The Kier molecular flexibility index (Phi) is 4.03. The molecule has 130 valence electrons. The zero-order valence-corrected chi connectivity index (χ0v) is 14.1. The van der Waals surface area contributed by atoms with Gasteiger partial charge in [0.15, 0.2) is 0 Å². The highest BCUT2D eigenvalue weighted by Gasteiger charge is 2.51. The standard InChI is InChI=1S/C19H21N3O3/c1-12-4-2-6-16(21-12)19(24)22-14-8-7-13(10-14)17(22)18(23)20-11-15-5-3-9-25-15/h2-6,9,13-14,17H,7-8,10-11H2,1H3,(H,20,23)/t13-,14-,17-/m0/s1. The van der Waals surface area contributed by atoms with Gasteiger partial charge in [0, 0.05) is 11.7 Å². The highest BCUT2D eigenvalue weighted by molar-refractivity contribution is 5.97. The molecule has 0 radical (unpaired) electrons. The number of hydrogen-bond acceptors (Lipinski definition) is 4. The number of carbonyl (C=O) groups is 2. The molecule has 1 aliphatic heterocycles. The molecule has 6 heteroatoms. The summed E-state index contributed by atoms with van der Waals surface area (Å²) in [5, 5.41) is 2.91. The number of pyridine rings is 1. The van der Waals surface area contributed by atoms with Gasteiger partial charge >= 0.3 is 0 Å². The molecule has 0 unspecified atom stereocenters. The summed E-state index contributed by atoms with van der Waals surface area (Å²) in [6, 6.07) is 8.75. The zero-order valence-electron chi connectivity index (χ0n) is 14.1. The molecular weight excluding hydrogens is 318 g/mol. The van der Waals surface area contributed by atoms with E-state index in [1.807, 2.05) is 25.1 Å². The molecule has 1 N–H and O–H groups in total. The number of nitrogens with one attached hydrogen (secondary N) is 1. The molecular formula is C19H21N3O3. The Morgan fingerprint density at radius 3 is 2.92 bits per heavy atom. The second-order valence-electron chi connectivity index (χ2n) is 6.85. The minimum atomic E-state index is -0.413. The molecule has 2 aromatic rings. The third-order valence-corrected chi connectivity index (χ3v) is 5.21. The van der Waals surface area contributed by atoms with E-state index >= 15 is 0 Å². The van der Waals surface area contributed by atoms with Crippen LogP contribution in [0.25, 0.3) is 0 Å². The smallest absolute Gasteiger partial charge is 0.273 e. The van der Waals surface area contributed by atoms with E-state index in [9.17, 15) is 9.59 Å². The van der Waals surface area contributed by atoms with E-state index in [0.717, 1.165) is 25.0 Å². The van der Waals surface area contributed by atoms with Crippen LogP contribution in [0.2, 0.25) is 0 Å². The number of carbonyl (C=O) groups excluding carboxylic acids is 2. The molecule has 2 aliphatic rings. The van der Waals surface area contributed by atoms with Gasteiger partial charge in [0.1, 0.15) is 17.5 Å². The molecule has 3 heterocycles. The molecule has 3 atom stereocenters. The van der Waals surface area contributed by atoms with E-state index in [-0.39, 0.29) is 23.8 Å². The molecule has 25 heavy (non-hydrogen) atoms. The number of aryl methyl sites for hydroxylation is 1. The first-order valence-corrected chi connectivity index (χ1v) is 8.70. The summed E-state index contributed by atoms with van der Waals surface area (Å²) < 4.78 is 5.26. The minimum Gasteiger partial charge on any atom is -0.467 e. The van der Waals surface area contributed by atoms with Crippen molar-refractivity contribution in [3.8, 4) is 0 Å². The lowest BCUT2D eigenvalue weighted by atomic mass is 9.97. The van der Waals surface area contributed by atoms with Crippen LogP contribution in [-0.4, -0.2) is 33.8 Å². The molecule has 2 fully saturated rings. The van der Waals surface area contributed by atoms with Crippen LogP contribution in [0.15, 0.2) is 41.0 Å². The predicted molar refractivity (Wildman–Crippen MR) is 90.6 cm³/mol. The maximum atomic E-state index is 13.0. The normalized spacial score (nSPS) is 24.5. The molecule has 0 aromatic carbocycles. The number of rotatable bonds is 4. The number of amides is 2. The van der Waals surface area contributed by atoms with Gasteiger partial charge in [-0.3, -0.25) is 9.59 Å². The van der Waals surface area contributed by atoms with Crippen LogP contribution in [0.3, 0.4) is 0 Å². The van der Waals surface area contributed by atoms with E-state index in [0.29, 0.717) is 18.0 Å². The largest absolute Gasteiger partial charge is 0.467 e. The lowest BCUT2D eigenvalue weighted by Gasteiger charge is -2.34. The predicted octanol–water partition coefficient (Wildman–Crippen LogP) is 2.29. The Morgan fingerprint density at radius 1 is 1.28 bits per heavy atom. The number of furan rings is 1. The lowest BCUT2D eigenvalue weighted by Crippen LogP contribution is -2.52. The molecule has 6 nitrogen and oxygen atoms in total. The zero-order chi connectivity index (χ0) is 17.4. The molecule has 1 saturated heterocycles. The third kappa shape index (κ3) is 2.92. The molecule has 2 amide bonds. The molecule has 2 bridgehead atoms. The Balaban J connectivity index is 1.53. The summed E-state index contributed by atoms with van der Waals surface area (Å²) in [6.07, 6.45) is 4.44. The maximum absolute atomic E-state index is 13.0. The van der Waals surface area contributed by atoms with Crippen molar-refractivity contribution in [3.05, 3.63) is 53.7 Å². The second-order valence-corrected chi connectivity index (χ2v) is 6.85. The Hall–Kier alpha value is -2.63. The SMILES string of the molecule is Cc1cccc(C(=O)N2[C@H]3CC[C@@H](C3)[C@H]2C(=O)NCc2ccco2)n1. The fraction of sp³-hybridized carbons (Fsp3) is 0.421. The van der Waals surface area contributed by atoms with Crippen molar-refractivity contribution in [1.82, 2.24) is 15.2 Å². The highest BCUT2D eigenvalue weighted by Crippen LogP contribution is 2.43. The van der Waals surface area contributed by atoms with Crippen LogP contribution in [0.5, 0.6) is 0 Å². The number of piperidine rings is 1. The topological polar surface area (TPSA) is 75.4 Å². The fourth-order valence-electron chi connectivity index (χ4n) is 4.10. The molecule has 1 saturated carbocycles. The van der Waals surface area contributed by atoms with Crippen LogP contribution in [0.1, 0.15) is 41.2 Å². The van der Waals surface area contributed by atoms with Crippen LogP contribution in [0.4, 0.5) is 0 Å². The number of hydrogen-bond donors (Lipinski definition) is 1. The van der Waals surface area contributed by atoms with Gasteiger partial charge in [0.05, 0.1) is 12.8 Å². The van der Waals surface area contributed by atoms with Crippen molar-refractivity contribution in [2.75, 3.05) is 0 Å². The third-order valence-electron chi connectivity index (χ3n) is 5.21. The summed E-state index contributed by atoms with van der Waals surface area (Å²) >= 11 is 0. The van der Waals surface area contributed by atoms with Crippen molar-refractivity contribution in [2.45, 2.75) is 44.8 Å². The van der Waals surface area contributed by atoms with Crippen LogP contribution in [0, 0.1) is 12.8 Å². The molecule has 1 aliphatic carbocycles. The molecule has 2 aromatic heterocycles. The van der Waals surface area contributed by atoms with Crippen LogP contribution in [-0.2, 0) is 11.3 Å². The Morgan fingerprint density at radius 2 is 2.16 bits per heavy atom. The fourth-order valence-corrected chi connectivity index (χ4v) is 4.10. The van der Waals surface area contributed by atoms with Gasteiger partial charge in [0.2, 0.25) is 5.91 Å². The van der Waals surface area contributed by atoms with Crippen molar-refractivity contribution in [2.24, 2.45) is 5.92 Å². The second kappa shape index (κ2) is 6.35. The quantitative estimate of drug-likeness (QED) is 0.927. The first-order valence-electron chi connectivity index (χ1n) is 8.70. The number of fused-ring (bicyclic) bond motifs is 2. The van der Waals surface area contributed by atoms with Crippen molar-refractivity contribution < 1.29 is 14.0 Å². The van der Waals surface area contributed by atoms with E-state index in [2.05, 4.69) is 10.3 Å². The summed E-state index contributed by atoms with van der Waals surface area (Å²) in [4.78, 5) is 31.9. The maximum Gasteiger partial charge on any atom is 0.273 e. The first-order chi connectivity index (χ1) is 12.1. The van der Waals surface area contributed by atoms with Gasteiger partial charge in [-0.2, -0.15) is 0 Å². The van der Waals surface area contributed by atoms with E-state index < -0.39 is 6.04 Å². The average molecular weight is 339 g/mol. The average Bonchev–Trinajstić information content (AvgIpc) is 3.35. The Labute approximate surface area is 146 Å². The van der Waals surface area contributed by atoms with Crippen LogP contribution >= 0.6 is 0 Å². The van der Waals surface area contributed by atoms with Gasteiger partial charge in [-0.1, -0.05) is 6.07 Å². The van der Waals surface area contributed by atoms with Gasteiger partial charge in [0.25, 0.3) is 5.91 Å². The van der Waals surface area contributed by atoms with Gasteiger partial charge in [-0.05, 0) is 56.4 Å². The Bertz CT molecular complexity index is 787. The van der Waals surface area contributed by atoms with Gasteiger partial charge in [-0.15, -0.1) is 0 Å². The summed E-state index contributed by atoms with van der Waals surface area (Å²) in [5.74, 6) is 0.684. The summed E-state index contributed by atoms with van der Waals surface area (Å²) in [6.45, 7) is 2.20. The van der Waals surface area contributed by atoms with E-state index in [1.54, 1.807) is 23.3 Å². The highest BCUT2D eigenvalue weighted by atomic mass is 16.3. The van der Waals surface area contributed by atoms with Crippen LogP contribution < -0.4 is 5.32 Å². The van der Waals surface area contributed by atoms with Crippen molar-refractivity contribution in [3.63, 3.8) is 0 Å². The van der Waals surface area contributed by atoms with E-state index in [1.165, 1.54) is 0 Å². The minimum absolute atomic E-state index is 0.107. The summed E-state index contributed by atoms with van der Waals surface area (Å²) in [5.41, 5.74) is 1.21. The monoisotopic (exact) mass is 339 g/mol. The molecule has 4 rings (SSSR count). The van der Waals surface area contributed by atoms with Crippen molar-refractivity contribution in [1.29, 1.82) is 0 Å². The molecule has 0 spiro atoms. The number of likely N-dealkylation sites (tertiary alicyclic amines) is 1. The van der Waals surface area contributed by atoms with E-state index in [4.69, 9.17) is 4.42 Å².